The van der Waals surface area contributed by atoms with Crippen LogP contribution in [0, 0.1) is 0 Å². The standard InChI is InChI=1S/C31H52N3OPS/c1-29(2,3)24-18-25(30(4,5)6)27(26(19-24)31(7,8)9)32-36(37,35-14)28-22(20-33(10)11)16-15-17-23(28)21-34(12)13/h15-19H,20-21H2,1-14H3,(H,32,37)/p+2/t36-/m1/s1. The van der Waals surface area contributed by atoms with E-state index in [1.807, 2.05) is 0 Å². The highest BCUT2D eigenvalue weighted by Crippen LogP contribution is 2.52. The molecule has 2 aromatic rings. The molecule has 3 N–H and O–H groups in total. The van der Waals surface area contributed by atoms with E-state index in [1.165, 1.54) is 42.9 Å². The summed E-state index contributed by atoms with van der Waals surface area (Å²) >= 11 is 6.56. The first-order valence-corrected chi connectivity index (χ1v) is 16.3. The Morgan fingerprint density at radius 1 is 0.757 bits per heavy atom. The molecule has 0 aliphatic heterocycles. The smallest absolute Gasteiger partial charge is 0.184 e. The fourth-order valence-electron chi connectivity index (χ4n) is 4.79. The van der Waals surface area contributed by atoms with E-state index in [0.717, 1.165) is 18.8 Å². The lowest BCUT2D eigenvalue weighted by Crippen LogP contribution is -3.04. The largest absolute Gasteiger partial charge is 0.336 e. The summed E-state index contributed by atoms with van der Waals surface area (Å²) < 4.78 is 6.40. The van der Waals surface area contributed by atoms with E-state index < -0.39 is 6.42 Å². The number of hydrogen-bond acceptors (Lipinski definition) is 2. The first-order chi connectivity index (χ1) is 16.7. The Morgan fingerprint density at radius 2 is 1.16 bits per heavy atom. The Hall–Kier alpha value is -1.23. The molecule has 6 heteroatoms. The molecule has 0 bridgehead atoms. The lowest BCUT2D eigenvalue weighted by molar-refractivity contribution is -0.873. The number of anilines is 1. The Morgan fingerprint density at radius 3 is 1.46 bits per heavy atom. The second-order valence-electron chi connectivity index (χ2n) is 14.2. The van der Waals surface area contributed by atoms with Crippen LogP contribution < -0.4 is 20.2 Å². The Bertz CT molecular complexity index is 1070. The molecule has 208 valence electrons. The molecule has 0 spiro atoms. The average Bonchev–Trinajstić information content (AvgIpc) is 2.70. The maximum absolute atomic E-state index is 6.56. The van der Waals surface area contributed by atoms with Crippen molar-refractivity contribution >= 4 is 29.2 Å². The highest BCUT2D eigenvalue weighted by Gasteiger charge is 2.34. The minimum Gasteiger partial charge on any atom is -0.336 e. The lowest BCUT2D eigenvalue weighted by atomic mass is 9.74. The third kappa shape index (κ3) is 7.90. The second kappa shape index (κ2) is 11.5. The minimum absolute atomic E-state index is 0.0444. The Balaban J connectivity index is 2.95. The van der Waals surface area contributed by atoms with Crippen LogP contribution in [0.3, 0.4) is 0 Å². The van der Waals surface area contributed by atoms with Gasteiger partial charge in [-0.3, -0.25) is 0 Å². The highest BCUT2D eigenvalue weighted by atomic mass is 32.4. The van der Waals surface area contributed by atoms with E-state index >= 15 is 0 Å². The van der Waals surface area contributed by atoms with Crippen LogP contribution in [0.1, 0.15) is 90.1 Å². The molecule has 0 radical (unpaired) electrons. The molecule has 0 aliphatic rings. The number of hydrogen-bond donors (Lipinski definition) is 3. The van der Waals surface area contributed by atoms with Gasteiger partial charge in [0.05, 0.1) is 28.2 Å². The van der Waals surface area contributed by atoms with Gasteiger partial charge in [-0.05, 0) is 44.7 Å². The predicted molar refractivity (Wildman–Crippen MR) is 167 cm³/mol. The van der Waals surface area contributed by atoms with Crippen molar-refractivity contribution in [2.24, 2.45) is 0 Å². The van der Waals surface area contributed by atoms with E-state index in [4.69, 9.17) is 16.3 Å². The molecule has 0 fully saturated rings. The molecule has 0 saturated heterocycles. The summed E-state index contributed by atoms with van der Waals surface area (Å²) in [5, 5.41) is 5.15. The van der Waals surface area contributed by atoms with Crippen molar-refractivity contribution in [1.82, 2.24) is 0 Å². The van der Waals surface area contributed by atoms with Crippen molar-refractivity contribution in [2.75, 3.05) is 40.4 Å². The molecule has 2 rings (SSSR count). The van der Waals surface area contributed by atoms with Gasteiger partial charge in [0.1, 0.15) is 13.1 Å². The summed E-state index contributed by atoms with van der Waals surface area (Å²) in [6.07, 6.45) is -2.65. The van der Waals surface area contributed by atoms with E-state index in [1.54, 1.807) is 7.11 Å². The topological polar surface area (TPSA) is 30.1 Å². The second-order valence-corrected chi connectivity index (χ2v) is 17.9. The average molecular weight is 548 g/mol. The number of rotatable bonds is 8. The predicted octanol–water partition coefficient (Wildman–Crippen LogP) is 4.56. The summed E-state index contributed by atoms with van der Waals surface area (Å²) in [6.45, 7) is 22.5. The number of quaternary nitrogens is 2. The zero-order valence-electron chi connectivity index (χ0n) is 26.1. The molecule has 37 heavy (non-hydrogen) atoms. The van der Waals surface area contributed by atoms with Gasteiger partial charge >= 0.3 is 0 Å². The van der Waals surface area contributed by atoms with Gasteiger partial charge in [0.25, 0.3) is 0 Å². The molecule has 4 nitrogen and oxygen atoms in total. The van der Waals surface area contributed by atoms with Crippen LogP contribution in [-0.2, 0) is 45.7 Å². The zero-order chi connectivity index (χ0) is 28.6. The molecule has 0 unspecified atom stereocenters. The van der Waals surface area contributed by atoms with Gasteiger partial charge in [0.15, 0.2) is 6.42 Å². The van der Waals surface area contributed by atoms with Crippen LogP contribution in [0.2, 0.25) is 0 Å². The van der Waals surface area contributed by atoms with E-state index in [2.05, 4.69) is 126 Å². The number of nitrogens with one attached hydrogen (secondary N) is 3. The zero-order valence-corrected chi connectivity index (χ0v) is 27.8. The Kier molecular flexibility index (Phi) is 9.92. The van der Waals surface area contributed by atoms with Crippen molar-refractivity contribution in [2.45, 2.75) is 91.6 Å². The summed E-state index contributed by atoms with van der Waals surface area (Å²) in [5.41, 5.74) is 7.55. The molecule has 0 amide bonds. The van der Waals surface area contributed by atoms with Crippen molar-refractivity contribution in [3.05, 3.63) is 58.1 Å². The molecular formula is C31H54N3OPS+2. The molecule has 0 heterocycles. The third-order valence-electron chi connectivity index (χ3n) is 6.72. The van der Waals surface area contributed by atoms with E-state index in [0.29, 0.717) is 0 Å². The summed E-state index contributed by atoms with van der Waals surface area (Å²) in [5.74, 6) is 0. The lowest BCUT2D eigenvalue weighted by Gasteiger charge is -2.36. The molecule has 0 saturated carbocycles. The van der Waals surface area contributed by atoms with Crippen molar-refractivity contribution in [1.29, 1.82) is 0 Å². The Labute approximate surface area is 233 Å². The number of benzene rings is 2. The maximum atomic E-state index is 6.56. The fourth-order valence-corrected chi connectivity index (χ4v) is 7.75. The van der Waals surface area contributed by atoms with Gasteiger partial charge < -0.3 is 19.4 Å². The summed E-state index contributed by atoms with van der Waals surface area (Å²) in [4.78, 5) is 2.74. The first kappa shape index (κ1) is 32.0. The van der Waals surface area contributed by atoms with Crippen LogP contribution in [0.25, 0.3) is 0 Å². The van der Waals surface area contributed by atoms with Gasteiger partial charge in [0.2, 0.25) is 0 Å². The minimum atomic E-state index is -2.65. The SMILES string of the molecule is CO[P@](=S)(Nc1c(C(C)(C)C)cc(C(C)(C)C)cc1C(C)(C)C)c1c(C[NH+](C)C)cccc1C[NH+](C)C. The molecule has 0 aliphatic carbocycles. The van der Waals surface area contributed by atoms with Gasteiger partial charge in [0, 0.05) is 29.2 Å². The first-order valence-electron chi connectivity index (χ1n) is 13.5. The third-order valence-corrected chi connectivity index (χ3v) is 10.2. The monoisotopic (exact) mass is 547 g/mol. The quantitative estimate of drug-likeness (QED) is 0.424. The fraction of sp³-hybridized carbons (Fsp3) is 0.613. The van der Waals surface area contributed by atoms with E-state index in [9.17, 15) is 0 Å². The highest BCUT2D eigenvalue weighted by molar-refractivity contribution is 8.16. The van der Waals surface area contributed by atoms with Crippen LogP contribution in [-0.4, -0.2) is 35.3 Å². The molecular weight excluding hydrogens is 493 g/mol. The van der Waals surface area contributed by atoms with Gasteiger partial charge in [-0.15, -0.1) is 0 Å². The van der Waals surface area contributed by atoms with Gasteiger partial charge in [-0.1, -0.05) is 92.6 Å². The van der Waals surface area contributed by atoms with Crippen LogP contribution >= 0.6 is 6.42 Å². The van der Waals surface area contributed by atoms with Crippen molar-refractivity contribution in [3.63, 3.8) is 0 Å². The van der Waals surface area contributed by atoms with Gasteiger partial charge in [-0.25, -0.2) is 0 Å². The normalized spacial score (nSPS) is 14.8. The van der Waals surface area contributed by atoms with Crippen LogP contribution in [0.4, 0.5) is 5.69 Å². The molecule has 2 aromatic carbocycles. The van der Waals surface area contributed by atoms with Crippen molar-refractivity contribution < 1.29 is 14.3 Å². The van der Waals surface area contributed by atoms with E-state index in [-0.39, 0.29) is 16.2 Å². The van der Waals surface area contributed by atoms with Crippen LogP contribution in [0.5, 0.6) is 0 Å². The molecule has 0 aromatic heterocycles. The van der Waals surface area contributed by atoms with Crippen molar-refractivity contribution in [3.8, 4) is 0 Å². The van der Waals surface area contributed by atoms with Gasteiger partial charge in [-0.2, -0.15) is 0 Å². The van der Waals surface area contributed by atoms with Crippen LogP contribution in [0.15, 0.2) is 30.3 Å². The maximum Gasteiger partial charge on any atom is 0.184 e. The summed E-state index contributed by atoms with van der Waals surface area (Å²) in [7, 11) is 10.6. The summed E-state index contributed by atoms with van der Waals surface area (Å²) in [6, 6.07) is 11.4. The molecule has 1 atom stereocenters.